The molecule has 0 saturated heterocycles. The first kappa shape index (κ1) is 16.8. The molecule has 6 heteroatoms. The van der Waals surface area contributed by atoms with Crippen molar-refractivity contribution in [2.45, 2.75) is 17.1 Å². The van der Waals surface area contributed by atoms with Crippen molar-refractivity contribution in [2.75, 3.05) is 0 Å². The number of carboxylic acid groups (broad SMARTS) is 1. The molecule has 0 aliphatic carbocycles. The summed E-state index contributed by atoms with van der Waals surface area (Å²) in [6.45, 7) is 1.79. The van der Waals surface area contributed by atoms with Gasteiger partial charge in [-0.15, -0.1) is 11.8 Å². The van der Waals surface area contributed by atoms with Crippen molar-refractivity contribution in [1.82, 2.24) is 5.43 Å². The zero-order valence-corrected chi connectivity index (χ0v) is 13.3. The van der Waals surface area contributed by atoms with Crippen LogP contribution < -0.4 is 5.43 Å². The lowest BCUT2D eigenvalue weighted by molar-refractivity contribution is -0.120. The average Bonchev–Trinajstić information content (AvgIpc) is 2.56. The van der Waals surface area contributed by atoms with Gasteiger partial charge in [0.05, 0.1) is 17.0 Å². The summed E-state index contributed by atoms with van der Waals surface area (Å²) in [7, 11) is 0. The normalized spacial score (nSPS) is 12.0. The van der Waals surface area contributed by atoms with Gasteiger partial charge in [0.25, 0.3) is 5.91 Å². The number of hydrazone groups is 1. The maximum absolute atomic E-state index is 12.0. The third-order valence-electron chi connectivity index (χ3n) is 2.99. The molecule has 2 rings (SSSR count). The van der Waals surface area contributed by atoms with E-state index in [1.165, 1.54) is 24.0 Å². The smallest absolute Gasteiger partial charge is 0.336 e. The Balaban J connectivity index is 1.95. The number of carbonyl (C=O) groups excluding carboxylic acids is 1. The highest BCUT2D eigenvalue weighted by molar-refractivity contribution is 8.00. The Kier molecular flexibility index (Phi) is 5.94. The van der Waals surface area contributed by atoms with E-state index in [1.54, 1.807) is 25.1 Å². The molecule has 0 fully saturated rings. The monoisotopic (exact) mass is 328 g/mol. The van der Waals surface area contributed by atoms with Gasteiger partial charge in [0.2, 0.25) is 0 Å². The molecule has 0 bridgehead atoms. The fourth-order valence-corrected chi connectivity index (χ4v) is 2.70. The van der Waals surface area contributed by atoms with E-state index in [4.69, 9.17) is 5.11 Å². The Morgan fingerprint density at radius 3 is 2.48 bits per heavy atom. The van der Waals surface area contributed by atoms with E-state index in [-0.39, 0.29) is 16.7 Å². The molecule has 0 aromatic heterocycles. The van der Waals surface area contributed by atoms with Gasteiger partial charge in [0, 0.05) is 10.5 Å². The molecule has 0 radical (unpaired) electrons. The second-order valence-corrected chi connectivity index (χ2v) is 6.11. The number of hydrogen-bond acceptors (Lipinski definition) is 4. The maximum Gasteiger partial charge on any atom is 0.336 e. The summed E-state index contributed by atoms with van der Waals surface area (Å²) in [6.07, 6.45) is 1.33. The highest BCUT2D eigenvalue weighted by atomic mass is 32.2. The molecule has 2 aromatic rings. The topological polar surface area (TPSA) is 78.8 Å². The first-order valence-electron chi connectivity index (χ1n) is 6.95. The summed E-state index contributed by atoms with van der Waals surface area (Å²) in [4.78, 5) is 24.1. The summed E-state index contributed by atoms with van der Waals surface area (Å²) in [5.74, 6) is -1.28. The van der Waals surface area contributed by atoms with Crippen LogP contribution in [-0.2, 0) is 4.79 Å². The molecule has 0 spiro atoms. The summed E-state index contributed by atoms with van der Waals surface area (Å²) in [6, 6.07) is 16.1. The number of carboxylic acids is 1. The van der Waals surface area contributed by atoms with E-state index in [2.05, 4.69) is 10.5 Å². The molecular weight excluding hydrogens is 312 g/mol. The lowest BCUT2D eigenvalue weighted by Gasteiger charge is -2.09. The van der Waals surface area contributed by atoms with Crippen LogP contribution in [-0.4, -0.2) is 28.4 Å². The zero-order valence-electron chi connectivity index (χ0n) is 12.5. The summed E-state index contributed by atoms with van der Waals surface area (Å²) in [5.41, 5.74) is 3.00. The molecule has 1 amide bonds. The van der Waals surface area contributed by atoms with Crippen molar-refractivity contribution < 1.29 is 14.7 Å². The van der Waals surface area contributed by atoms with Crippen LogP contribution in [0.1, 0.15) is 22.8 Å². The van der Waals surface area contributed by atoms with E-state index in [0.29, 0.717) is 5.56 Å². The van der Waals surface area contributed by atoms with Crippen LogP contribution in [0, 0.1) is 0 Å². The standard InChI is InChI=1S/C17H16N2O3S/c1-12(23-14-8-3-2-4-9-14)16(20)19-18-11-13-7-5-6-10-15(13)17(21)22/h2-12H,1H3,(H,19,20)(H,21,22)/b18-11-/t12-/m0/s1. The fourth-order valence-electron chi connectivity index (χ4n) is 1.82. The van der Waals surface area contributed by atoms with Gasteiger partial charge in [0.1, 0.15) is 0 Å². The Labute approximate surface area is 138 Å². The summed E-state index contributed by atoms with van der Waals surface area (Å²) < 4.78 is 0. The second-order valence-electron chi connectivity index (χ2n) is 4.70. The van der Waals surface area contributed by atoms with Crippen LogP contribution in [0.5, 0.6) is 0 Å². The van der Waals surface area contributed by atoms with Crippen molar-refractivity contribution in [1.29, 1.82) is 0 Å². The molecule has 0 unspecified atom stereocenters. The number of carbonyl (C=O) groups is 2. The predicted octanol–water partition coefficient (Wildman–Crippen LogP) is 3.02. The summed E-state index contributed by atoms with van der Waals surface area (Å²) >= 11 is 1.43. The molecule has 0 aliphatic rings. The Morgan fingerprint density at radius 1 is 1.13 bits per heavy atom. The minimum Gasteiger partial charge on any atom is -0.478 e. The molecule has 1 atom stereocenters. The van der Waals surface area contributed by atoms with Crippen molar-refractivity contribution in [3.05, 3.63) is 65.7 Å². The van der Waals surface area contributed by atoms with Crippen molar-refractivity contribution in [3.8, 4) is 0 Å². The third kappa shape index (κ3) is 4.96. The van der Waals surface area contributed by atoms with Crippen LogP contribution in [0.2, 0.25) is 0 Å². The van der Waals surface area contributed by atoms with E-state index >= 15 is 0 Å². The minimum atomic E-state index is -1.04. The van der Waals surface area contributed by atoms with E-state index in [0.717, 1.165) is 4.90 Å². The fraction of sp³-hybridized carbons (Fsp3) is 0.118. The van der Waals surface area contributed by atoms with E-state index in [9.17, 15) is 9.59 Å². The summed E-state index contributed by atoms with van der Waals surface area (Å²) in [5, 5.41) is 12.6. The molecule has 5 nitrogen and oxygen atoms in total. The minimum absolute atomic E-state index is 0.136. The van der Waals surface area contributed by atoms with E-state index < -0.39 is 5.97 Å². The SMILES string of the molecule is C[C@H](Sc1ccccc1)C(=O)N/N=C\c1ccccc1C(=O)O. The Morgan fingerprint density at radius 2 is 1.78 bits per heavy atom. The first-order valence-corrected chi connectivity index (χ1v) is 7.83. The number of benzene rings is 2. The molecule has 118 valence electrons. The molecular formula is C17H16N2O3S. The number of amides is 1. The number of rotatable bonds is 6. The number of hydrogen-bond donors (Lipinski definition) is 2. The van der Waals surface area contributed by atoms with Crippen LogP contribution in [0.15, 0.2) is 64.6 Å². The molecule has 2 N–H and O–H groups in total. The second kappa shape index (κ2) is 8.14. The van der Waals surface area contributed by atoms with Gasteiger partial charge in [0.15, 0.2) is 0 Å². The van der Waals surface area contributed by atoms with Gasteiger partial charge >= 0.3 is 5.97 Å². The molecule has 23 heavy (non-hydrogen) atoms. The molecule has 2 aromatic carbocycles. The van der Waals surface area contributed by atoms with Crippen LogP contribution in [0.3, 0.4) is 0 Å². The van der Waals surface area contributed by atoms with Gasteiger partial charge in [-0.1, -0.05) is 36.4 Å². The lowest BCUT2D eigenvalue weighted by atomic mass is 10.1. The van der Waals surface area contributed by atoms with Crippen molar-refractivity contribution in [3.63, 3.8) is 0 Å². The number of thioether (sulfide) groups is 1. The van der Waals surface area contributed by atoms with E-state index in [1.807, 2.05) is 30.3 Å². The third-order valence-corrected chi connectivity index (χ3v) is 4.11. The lowest BCUT2D eigenvalue weighted by Crippen LogP contribution is -2.26. The largest absolute Gasteiger partial charge is 0.478 e. The van der Waals surface area contributed by atoms with Crippen molar-refractivity contribution >= 4 is 29.9 Å². The van der Waals surface area contributed by atoms with Crippen LogP contribution >= 0.6 is 11.8 Å². The van der Waals surface area contributed by atoms with Crippen LogP contribution in [0.25, 0.3) is 0 Å². The van der Waals surface area contributed by atoms with Gasteiger partial charge in [-0.2, -0.15) is 5.10 Å². The Hall–Kier alpha value is -2.60. The van der Waals surface area contributed by atoms with Gasteiger partial charge in [-0.05, 0) is 25.1 Å². The number of nitrogens with one attached hydrogen (secondary N) is 1. The number of nitrogens with zero attached hydrogens (tertiary/aromatic N) is 1. The first-order chi connectivity index (χ1) is 11.1. The van der Waals surface area contributed by atoms with Crippen molar-refractivity contribution in [2.24, 2.45) is 5.10 Å². The Bertz CT molecular complexity index is 717. The maximum atomic E-state index is 12.0. The molecule has 0 saturated carbocycles. The number of aromatic carboxylic acids is 1. The van der Waals surface area contributed by atoms with Gasteiger partial charge in [-0.25, -0.2) is 10.2 Å². The zero-order chi connectivity index (χ0) is 16.7. The van der Waals surface area contributed by atoms with Crippen LogP contribution in [0.4, 0.5) is 0 Å². The average molecular weight is 328 g/mol. The van der Waals surface area contributed by atoms with Gasteiger partial charge < -0.3 is 5.11 Å². The van der Waals surface area contributed by atoms with Gasteiger partial charge in [-0.3, -0.25) is 4.79 Å². The highest BCUT2D eigenvalue weighted by Gasteiger charge is 2.13. The quantitative estimate of drug-likeness (QED) is 0.485. The predicted molar refractivity (Wildman–Crippen MR) is 90.9 cm³/mol. The highest BCUT2D eigenvalue weighted by Crippen LogP contribution is 2.22. The molecule has 0 aliphatic heterocycles. The molecule has 0 heterocycles.